The second-order valence-corrected chi connectivity index (χ2v) is 5.09. The van der Waals surface area contributed by atoms with Gasteiger partial charge in [-0.2, -0.15) is 0 Å². The number of hydrogen-bond donors (Lipinski definition) is 3. The van der Waals surface area contributed by atoms with E-state index in [1.165, 1.54) is 12.1 Å². The second kappa shape index (κ2) is 9.08. The number of benzene rings is 2. The molecule has 2 rings (SSSR count). The van der Waals surface area contributed by atoms with Gasteiger partial charge in [-0.25, -0.2) is 9.18 Å². The summed E-state index contributed by atoms with van der Waals surface area (Å²) in [4.78, 5) is 23.4. The van der Waals surface area contributed by atoms with Crippen LogP contribution >= 0.6 is 0 Å². The van der Waals surface area contributed by atoms with Crippen molar-refractivity contribution in [3.05, 3.63) is 71.0 Å². The third-order valence-corrected chi connectivity index (χ3v) is 3.33. The van der Waals surface area contributed by atoms with Crippen molar-refractivity contribution in [3.63, 3.8) is 0 Å². The van der Waals surface area contributed by atoms with Crippen LogP contribution in [-0.2, 0) is 6.54 Å². The molecule has 0 saturated carbocycles. The molecule has 0 heterocycles. The second-order valence-electron chi connectivity index (χ2n) is 5.09. The lowest BCUT2D eigenvalue weighted by atomic mass is 10.1. The van der Waals surface area contributed by atoms with Gasteiger partial charge in [0.1, 0.15) is 5.82 Å². The highest BCUT2D eigenvalue weighted by molar-refractivity contribution is 5.96. The van der Waals surface area contributed by atoms with E-state index in [1.54, 1.807) is 43.4 Å². The highest BCUT2D eigenvalue weighted by Crippen LogP contribution is 2.06. The molecule has 0 radical (unpaired) electrons. The van der Waals surface area contributed by atoms with Crippen LogP contribution in [0.3, 0.4) is 0 Å². The van der Waals surface area contributed by atoms with Crippen LogP contribution in [-0.4, -0.2) is 25.5 Å². The molecule has 0 fully saturated rings. The predicted molar refractivity (Wildman–Crippen MR) is 93.3 cm³/mol. The van der Waals surface area contributed by atoms with E-state index < -0.39 is 0 Å². The van der Waals surface area contributed by atoms with Crippen molar-refractivity contribution in [2.24, 2.45) is 0 Å². The van der Waals surface area contributed by atoms with Gasteiger partial charge in [-0.15, -0.1) is 0 Å². The molecule has 3 N–H and O–H groups in total. The first-order chi connectivity index (χ1) is 12.1. The van der Waals surface area contributed by atoms with Crippen molar-refractivity contribution in [1.29, 1.82) is 0 Å². The Kier molecular flexibility index (Phi) is 6.55. The van der Waals surface area contributed by atoms with Crippen LogP contribution in [0, 0.1) is 17.7 Å². The number of carbonyl (C=O) groups is 2. The fourth-order valence-electron chi connectivity index (χ4n) is 2.04. The molecule has 0 saturated heterocycles. The van der Waals surface area contributed by atoms with Crippen LogP contribution in [0.5, 0.6) is 0 Å². The molecule has 0 aliphatic heterocycles. The fraction of sp³-hybridized carbons (Fsp3) is 0.158. The SMILES string of the molecule is CNC(=O)c1ccccc1C#CCNC(=O)NCc1ccc(F)cc1. The minimum atomic E-state index is -0.377. The van der Waals surface area contributed by atoms with Crippen LogP contribution < -0.4 is 16.0 Å². The van der Waals surface area contributed by atoms with Crippen LogP contribution in [0.15, 0.2) is 48.5 Å². The van der Waals surface area contributed by atoms with Crippen molar-refractivity contribution < 1.29 is 14.0 Å². The summed E-state index contributed by atoms with van der Waals surface area (Å²) in [7, 11) is 1.56. The molecule has 3 amide bonds. The van der Waals surface area contributed by atoms with Gasteiger partial charge >= 0.3 is 6.03 Å². The normalized spacial score (nSPS) is 9.52. The molecule has 0 aliphatic rings. The van der Waals surface area contributed by atoms with Crippen molar-refractivity contribution in [3.8, 4) is 11.8 Å². The Hall–Kier alpha value is -3.33. The summed E-state index contributed by atoms with van der Waals surface area (Å²) < 4.78 is 12.8. The lowest BCUT2D eigenvalue weighted by Crippen LogP contribution is -2.35. The van der Waals surface area contributed by atoms with Crippen LogP contribution in [0.2, 0.25) is 0 Å². The lowest BCUT2D eigenvalue weighted by molar-refractivity contribution is 0.0963. The zero-order chi connectivity index (χ0) is 18.1. The summed E-state index contributed by atoms with van der Waals surface area (Å²) in [6.07, 6.45) is 0. The Labute approximate surface area is 145 Å². The zero-order valence-electron chi connectivity index (χ0n) is 13.7. The van der Waals surface area contributed by atoms with E-state index in [0.29, 0.717) is 17.7 Å². The minimum absolute atomic E-state index is 0.136. The fourth-order valence-corrected chi connectivity index (χ4v) is 2.04. The molecular weight excluding hydrogens is 321 g/mol. The summed E-state index contributed by atoms with van der Waals surface area (Å²) >= 11 is 0. The summed E-state index contributed by atoms with van der Waals surface area (Å²) in [5.74, 6) is 5.14. The maximum Gasteiger partial charge on any atom is 0.315 e. The van der Waals surface area contributed by atoms with Crippen molar-refractivity contribution in [1.82, 2.24) is 16.0 Å². The molecule has 0 unspecified atom stereocenters. The van der Waals surface area contributed by atoms with E-state index in [9.17, 15) is 14.0 Å². The molecule has 2 aromatic rings. The summed E-state index contributed by atoms with van der Waals surface area (Å²) in [6, 6.07) is 12.5. The third kappa shape index (κ3) is 5.66. The Balaban J connectivity index is 1.83. The van der Waals surface area contributed by atoms with Crippen LogP contribution in [0.1, 0.15) is 21.5 Å². The molecule has 128 valence electrons. The predicted octanol–water partition coefficient (Wildman–Crippen LogP) is 2.04. The van der Waals surface area contributed by atoms with Gasteiger partial charge in [-0.05, 0) is 29.8 Å². The summed E-state index contributed by atoms with van der Waals surface area (Å²) in [6.45, 7) is 0.427. The van der Waals surface area contributed by atoms with Crippen LogP contribution in [0.4, 0.5) is 9.18 Å². The Morgan fingerprint density at radius 1 is 1.04 bits per heavy atom. The quantitative estimate of drug-likeness (QED) is 0.746. The number of carbonyl (C=O) groups excluding carboxylic acids is 2. The number of nitrogens with one attached hydrogen (secondary N) is 3. The number of urea groups is 1. The highest BCUT2D eigenvalue weighted by Gasteiger charge is 2.06. The summed E-state index contributed by atoms with van der Waals surface area (Å²) in [5.41, 5.74) is 1.87. The molecular formula is C19H18FN3O2. The lowest BCUT2D eigenvalue weighted by Gasteiger charge is -2.05. The molecule has 25 heavy (non-hydrogen) atoms. The summed E-state index contributed by atoms with van der Waals surface area (Å²) in [5, 5.41) is 7.81. The average Bonchev–Trinajstić information content (AvgIpc) is 2.64. The van der Waals surface area contributed by atoms with E-state index in [0.717, 1.165) is 5.56 Å². The van der Waals surface area contributed by atoms with Gasteiger partial charge in [-0.1, -0.05) is 36.1 Å². The topological polar surface area (TPSA) is 70.2 Å². The van der Waals surface area contributed by atoms with Crippen molar-refractivity contribution >= 4 is 11.9 Å². The van der Waals surface area contributed by atoms with Gasteiger partial charge in [0.05, 0.1) is 12.1 Å². The van der Waals surface area contributed by atoms with Crippen molar-refractivity contribution in [2.75, 3.05) is 13.6 Å². The first-order valence-corrected chi connectivity index (χ1v) is 7.66. The monoisotopic (exact) mass is 339 g/mol. The van der Waals surface area contributed by atoms with Gasteiger partial charge in [0.2, 0.25) is 0 Å². The Morgan fingerprint density at radius 2 is 1.76 bits per heavy atom. The zero-order valence-corrected chi connectivity index (χ0v) is 13.7. The Morgan fingerprint density at radius 3 is 2.48 bits per heavy atom. The van der Waals surface area contributed by atoms with Gasteiger partial charge in [0.15, 0.2) is 0 Å². The number of rotatable bonds is 4. The number of hydrogen-bond acceptors (Lipinski definition) is 2. The van der Waals surface area contributed by atoms with Gasteiger partial charge in [0, 0.05) is 19.2 Å². The largest absolute Gasteiger partial charge is 0.355 e. The minimum Gasteiger partial charge on any atom is -0.355 e. The highest BCUT2D eigenvalue weighted by atomic mass is 19.1. The first-order valence-electron chi connectivity index (χ1n) is 7.66. The molecule has 0 aliphatic carbocycles. The third-order valence-electron chi connectivity index (χ3n) is 3.33. The molecule has 0 atom stereocenters. The average molecular weight is 339 g/mol. The number of halogens is 1. The smallest absolute Gasteiger partial charge is 0.315 e. The molecule has 6 heteroatoms. The van der Waals surface area contributed by atoms with Gasteiger partial charge < -0.3 is 16.0 Å². The molecule has 0 spiro atoms. The van der Waals surface area contributed by atoms with Crippen molar-refractivity contribution in [2.45, 2.75) is 6.54 Å². The molecule has 2 aromatic carbocycles. The standard InChI is InChI=1S/C19H18FN3O2/c1-21-18(24)17-7-3-2-5-15(17)6-4-12-22-19(25)23-13-14-8-10-16(20)11-9-14/h2-3,5,7-11H,12-13H2,1H3,(H,21,24)(H2,22,23,25). The van der Waals surface area contributed by atoms with Gasteiger partial charge in [-0.3, -0.25) is 4.79 Å². The van der Waals surface area contributed by atoms with E-state index >= 15 is 0 Å². The van der Waals surface area contributed by atoms with Crippen LogP contribution in [0.25, 0.3) is 0 Å². The van der Waals surface area contributed by atoms with Gasteiger partial charge in [0.25, 0.3) is 5.91 Å². The maximum absolute atomic E-state index is 12.8. The molecule has 5 nitrogen and oxygen atoms in total. The first kappa shape index (κ1) is 18.0. The number of amides is 3. The molecule has 0 aromatic heterocycles. The van der Waals surface area contributed by atoms with E-state index in [2.05, 4.69) is 27.8 Å². The van der Waals surface area contributed by atoms with E-state index in [-0.39, 0.29) is 24.3 Å². The van der Waals surface area contributed by atoms with E-state index in [4.69, 9.17) is 0 Å². The maximum atomic E-state index is 12.8. The van der Waals surface area contributed by atoms with E-state index in [1.807, 2.05) is 0 Å². The Bertz CT molecular complexity index is 807. The molecule has 0 bridgehead atoms.